The third-order valence-electron chi connectivity index (χ3n) is 3.80. The van der Waals surface area contributed by atoms with Crippen LogP contribution in [0.3, 0.4) is 0 Å². The molecule has 19 heavy (non-hydrogen) atoms. The molecule has 2 N–H and O–H groups in total. The summed E-state index contributed by atoms with van der Waals surface area (Å²) >= 11 is 1.59. The van der Waals surface area contributed by atoms with Crippen molar-refractivity contribution in [1.29, 1.82) is 0 Å². The van der Waals surface area contributed by atoms with Gasteiger partial charge in [0.05, 0.1) is 12.5 Å². The summed E-state index contributed by atoms with van der Waals surface area (Å²) in [5.74, 6) is 0.00487. The minimum absolute atomic E-state index is 0.127. The van der Waals surface area contributed by atoms with E-state index in [0.717, 1.165) is 30.4 Å². The van der Waals surface area contributed by atoms with E-state index in [4.69, 9.17) is 9.84 Å². The Morgan fingerprint density at radius 2 is 2.16 bits per heavy atom. The highest BCUT2D eigenvalue weighted by Crippen LogP contribution is 2.38. The Kier molecular flexibility index (Phi) is 3.86. The maximum absolute atomic E-state index is 10.6. The fourth-order valence-electron chi connectivity index (χ4n) is 2.71. The lowest BCUT2D eigenvalue weighted by atomic mass is 10.1. The number of carbonyl (C=O) groups is 1. The Hall–Kier alpha value is -0.910. The number of rotatable bonds is 6. The number of aliphatic carboxylic acids is 1. The smallest absolute Gasteiger partial charge is 0.308 e. The molecule has 0 spiro atoms. The van der Waals surface area contributed by atoms with E-state index in [-0.39, 0.29) is 6.42 Å². The van der Waals surface area contributed by atoms with Crippen LogP contribution >= 0.6 is 11.3 Å². The summed E-state index contributed by atoms with van der Waals surface area (Å²) in [5.41, 5.74) is 0. The fraction of sp³-hybridized carbons (Fsp3) is 0.643. The molecule has 1 aromatic heterocycles. The van der Waals surface area contributed by atoms with E-state index in [1.807, 2.05) is 12.1 Å². The van der Waals surface area contributed by atoms with Crippen LogP contribution in [0, 0.1) is 5.92 Å². The average molecular weight is 281 g/mol. The molecule has 0 radical (unpaired) electrons. The third-order valence-corrected chi connectivity index (χ3v) is 4.89. The van der Waals surface area contributed by atoms with Crippen molar-refractivity contribution in [2.75, 3.05) is 6.61 Å². The first kappa shape index (κ1) is 13.1. The number of ether oxygens (including phenoxy) is 1. The van der Waals surface area contributed by atoms with Crippen molar-refractivity contribution >= 4 is 17.3 Å². The van der Waals surface area contributed by atoms with Gasteiger partial charge in [-0.05, 0) is 37.3 Å². The molecule has 1 saturated heterocycles. The fourth-order valence-corrected chi connectivity index (χ4v) is 3.67. The molecule has 1 aliphatic heterocycles. The first-order valence-corrected chi connectivity index (χ1v) is 7.68. The molecule has 3 rings (SSSR count). The Bertz CT molecular complexity index is 455. The summed E-state index contributed by atoms with van der Waals surface area (Å²) in [4.78, 5) is 12.8. The number of carboxylic acid groups (broad SMARTS) is 1. The van der Waals surface area contributed by atoms with Crippen molar-refractivity contribution in [3.63, 3.8) is 0 Å². The molecule has 1 aromatic rings. The zero-order chi connectivity index (χ0) is 13.2. The van der Waals surface area contributed by atoms with Crippen LogP contribution in [0.25, 0.3) is 0 Å². The average Bonchev–Trinajstić information content (AvgIpc) is 2.94. The van der Waals surface area contributed by atoms with Crippen molar-refractivity contribution in [2.45, 2.75) is 44.4 Å². The normalized spacial score (nSPS) is 26.7. The van der Waals surface area contributed by atoms with Crippen molar-refractivity contribution < 1.29 is 14.6 Å². The van der Waals surface area contributed by atoms with Crippen molar-refractivity contribution in [2.24, 2.45) is 5.92 Å². The third kappa shape index (κ3) is 3.35. The Morgan fingerprint density at radius 1 is 1.37 bits per heavy atom. The lowest BCUT2D eigenvalue weighted by Gasteiger charge is -2.19. The van der Waals surface area contributed by atoms with Gasteiger partial charge in [0.2, 0.25) is 0 Å². The van der Waals surface area contributed by atoms with Crippen LogP contribution in [0.2, 0.25) is 0 Å². The van der Waals surface area contributed by atoms with Crippen LogP contribution in [0.5, 0.6) is 0 Å². The predicted molar refractivity (Wildman–Crippen MR) is 73.4 cm³/mol. The first-order chi connectivity index (χ1) is 9.22. The van der Waals surface area contributed by atoms with Gasteiger partial charge in [0.1, 0.15) is 0 Å². The van der Waals surface area contributed by atoms with Crippen molar-refractivity contribution in [3.8, 4) is 0 Å². The Morgan fingerprint density at radius 3 is 2.89 bits per heavy atom. The van der Waals surface area contributed by atoms with Gasteiger partial charge >= 0.3 is 5.97 Å². The number of nitrogens with one attached hydrogen (secondary N) is 1. The van der Waals surface area contributed by atoms with Gasteiger partial charge in [-0.25, -0.2) is 0 Å². The van der Waals surface area contributed by atoms with Gasteiger partial charge in [-0.15, -0.1) is 11.3 Å². The molecule has 104 valence electrons. The van der Waals surface area contributed by atoms with Gasteiger partial charge in [0.25, 0.3) is 0 Å². The monoisotopic (exact) mass is 281 g/mol. The summed E-state index contributed by atoms with van der Waals surface area (Å²) in [7, 11) is 0. The predicted octanol–water partition coefficient (Wildman–Crippen LogP) is 2.03. The topological polar surface area (TPSA) is 58.6 Å². The first-order valence-electron chi connectivity index (χ1n) is 6.87. The number of thiophene rings is 1. The van der Waals surface area contributed by atoms with Crippen LogP contribution in [0.1, 0.15) is 29.0 Å². The van der Waals surface area contributed by atoms with Gasteiger partial charge in [0.15, 0.2) is 0 Å². The van der Waals surface area contributed by atoms with E-state index >= 15 is 0 Å². The van der Waals surface area contributed by atoms with Gasteiger partial charge < -0.3 is 15.2 Å². The molecule has 1 saturated carbocycles. The lowest BCUT2D eigenvalue weighted by Crippen LogP contribution is -2.36. The van der Waals surface area contributed by atoms with Crippen LogP contribution in [-0.2, 0) is 22.5 Å². The molecule has 0 aromatic carbocycles. The molecular formula is C14H19NO3S. The molecule has 2 heterocycles. The van der Waals surface area contributed by atoms with Gasteiger partial charge in [-0.3, -0.25) is 4.79 Å². The highest BCUT2D eigenvalue weighted by Gasteiger charge is 2.40. The molecule has 2 unspecified atom stereocenters. The van der Waals surface area contributed by atoms with E-state index in [1.165, 1.54) is 17.7 Å². The quantitative estimate of drug-likeness (QED) is 0.837. The molecule has 2 aliphatic rings. The summed E-state index contributed by atoms with van der Waals surface area (Å²) < 4.78 is 5.80. The Labute approximate surface area is 116 Å². The Balaban J connectivity index is 1.51. The zero-order valence-electron chi connectivity index (χ0n) is 10.8. The highest BCUT2D eigenvalue weighted by atomic mass is 32.1. The van der Waals surface area contributed by atoms with E-state index in [9.17, 15) is 4.79 Å². The van der Waals surface area contributed by atoms with Gasteiger partial charge in [-0.1, -0.05) is 0 Å². The standard InChI is InChI=1S/C14H19NO3S/c16-13(17)7-10-3-4-11(19-10)8-15-12-5-6-18-14(12)9-1-2-9/h3-4,9,12,14-15H,1-2,5-8H2,(H,16,17). The van der Waals surface area contributed by atoms with Crippen LogP contribution in [0.4, 0.5) is 0 Å². The van der Waals surface area contributed by atoms with Crippen molar-refractivity contribution in [3.05, 3.63) is 21.9 Å². The number of carboxylic acids is 1. The highest BCUT2D eigenvalue weighted by molar-refractivity contribution is 7.12. The minimum atomic E-state index is -0.764. The summed E-state index contributed by atoms with van der Waals surface area (Å²) in [6.45, 7) is 1.69. The van der Waals surface area contributed by atoms with Crippen LogP contribution in [-0.4, -0.2) is 29.8 Å². The second-order valence-electron chi connectivity index (χ2n) is 5.39. The van der Waals surface area contributed by atoms with Crippen LogP contribution < -0.4 is 5.32 Å². The second kappa shape index (κ2) is 5.61. The second-order valence-corrected chi connectivity index (χ2v) is 6.64. The van der Waals surface area contributed by atoms with E-state index in [0.29, 0.717) is 12.1 Å². The lowest BCUT2D eigenvalue weighted by molar-refractivity contribution is -0.136. The molecule has 0 amide bonds. The van der Waals surface area contributed by atoms with Gasteiger partial charge in [-0.2, -0.15) is 0 Å². The summed E-state index contributed by atoms with van der Waals surface area (Å²) in [5, 5.41) is 12.3. The number of hydrogen-bond donors (Lipinski definition) is 2. The molecule has 0 bridgehead atoms. The molecule has 2 atom stereocenters. The van der Waals surface area contributed by atoms with E-state index in [2.05, 4.69) is 5.32 Å². The van der Waals surface area contributed by atoms with E-state index < -0.39 is 5.97 Å². The summed E-state index contributed by atoms with van der Waals surface area (Å²) in [6, 6.07) is 4.41. The minimum Gasteiger partial charge on any atom is -0.481 e. The maximum Gasteiger partial charge on any atom is 0.308 e. The largest absolute Gasteiger partial charge is 0.481 e. The SMILES string of the molecule is O=C(O)Cc1ccc(CNC2CCOC2C2CC2)s1. The zero-order valence-corrected chi connectivity index (χ0v) is 11.6. The van der Waals surface area contributed by atoms with Gasteiger partial charge in [0, 0.05) is 28.9 Å². The summed E-state index contributed by atoms with van der Waals surface area (Å²) in [6.07, 6.45) is 4.24. The molecule has 1 aliphatic carbocycles. The van der Waals surface area contributed by atoms with Crippen LogP contribution in [0.15, 0.2) is 12.1 Å². The van der Waals surface area contributed by atoms with E-state index in [1.54, 1.807) is 11.3 Å². The molecule has 4 nitrogen and oxygen atoms in total. The number of hydrogen-bond acceptors (Lipinski definition) is 4. The van der Waals surface area contributed by atoms with Crippen molar-refractivity contribution in [1.82, 2.24) is 5.32 Å². The molecular weight excluding hydrogens is 262 g/mol. The maximum atomic E-state index is 10.6. The molecule has 5 heteroatoms. The molecule has 2 fully saturated rings.